The minimum Gasteiger partial charge on any atom is -0.446 e. The molecule has 4 aliphatic carbocycles. The van der Waals surface area contributed by atoms with Crippen molar-refractivity contribution in [3.8, 4) is 0 Å². The Labute approximate surface area is 174 Å². The van der Waals surface area contributed by atoms with Gasteiger partial charge in [0.2, 0.25) is 5.91 Å². The summed E-state index contributed by atoms with van der Waals surface area (Å²) in [5.74, 6) is 1.73. The number of nitrogens with zero attached hydrogens (tertiary/aromatic N) is 1. The zero-order chi connectivity index (χ0) is 20.6. The highest BCUT2D eigenvalue weighted by Crippen LogP contribution is 2.61. The summed E-state index contributed by atoms with van der Waals surface area (Å²) >= 11 is 0. The van der Waals surface area contributed by atoms with Crippen LogP contribution in [0.1, 0.15) is 78.1 Å². The minimum atomic E-state index is -0.234. The lowest BCUT2D eigenvalue weighted by Crippen LogP contribution is -2.57. The van der Waals surface area contributed by atoms with Crippen LogP contribution in [-0.4, -0.2) is 47.9 Å². The van der Waals surface area contributed by atoms with Crippen molar-refractivity contribution in [2.24, 2.45) is 23.2 Å². The summed E-state index contributed by atoms with van der Waals surface area (Å²) in [5.41, 5.74) is -0.139. The fraction of sp³-hybridized carbons (Fsp3) is 0.870. The van der Waals surface area contributed by atoms with Gasteiger partial charge in [0.05, 0.1) is 0 Å². The second-order valence-electron chi connectivity index (χ2n) is 10.1. The summed E-state index contributed by atoms with van der Waals surface area (Å²) in [6, 6.07) is 0.0381. The summed E-state index contributed by atoms with van der Waals surface area (Å²) in [4.78, 5) is 38.9. The molecule has 5 fully saturated rings. The largest absolute Gasteiger partial charge is 0.446 e. The Morgan fingerprint density at radius 1 is 1.10 bits per heavy atom. The summed E-state index contributed by atoms with van der Waals surface area (Å²) in [5, 5.41) is 3.07. The summed E-state index contributed by atoms with van der Waals surface area (Å²) in [7, 11) is 0. The van der Waals surface area contributed by atoms with E-state index in [1.807, 2.05) is 0 Å². The second-order valence-corrected chi connectivity index (χ2v) is 10.1. The van der Waals surface area contributed by atoms with E-state index in [1.54, 1.807) is 11.8 Å². The molecule has 1 saturated heterocycles. The predicted molar refractivity (Wildman–Crippen MR) is 109 cm³/mol. The topological polar surface area (TPSA) is 75.7 Å². The molecule has 5 rings (SSSR count). The lowest BCUT2D eigenvalue weighted by Gasteiger charge is -2.58. The lowest BCUT2D eigenvalue weighted by atomic mass is 9.47. The normalized spacial score (nSPS) is 37.6. The zero-order valence-electron chi connectivity index (χ0n) is 18.0. The summed E-state index contributed by atoms with van der Waals surface area (Å²) in [6.45, 7) is 5.05. The van der Waals surface area contributed by atoms with Crippen LogP contribution in [0, 0.1) is 23.2 Å². The molecule has 5 aliphatic rings. The van der Waals surface area contributed by atoms with Crippen LogP contribution in [0.15, 0.2) is 0 Å². The van der Waals surface area contributed by atoms with E-state index >= 15 is 0 Å². The Kier molecular flexibility index (Phi) is 5.90. The molecule has 29 heavy (non-hydrogen) atoms. The molecular formula is C23H36N2O4. The van der Waals surface area contributed by atoms with Crippen molar-refractivity contribution < 1.29 is 19.1 Å². The van der Waals surface area contributed by atoms with Gasteiger partial charge in [-0.05, 0) is 69.6 Å². The van der Waals surface area contributed by atoms with E-state index in [0.29, 0.717) is 43.0 Å². The first kappa shape index (κ1) is 20.7. The van der Waals surface area contributed by atoms with E-state index < -0.39 is 0 Å². The number of carbonyl (C=O) groups is 3. The average molecular weight is 405 g/mol. The molecule has 4 bridgehead atoms. The first-order valence-electron chi connectivity index (χ1n) is 11.7. The number of amides is 2. The van der Waals surface area contributed by atoms with Gasteiger partial charge in [-0.25, -0.2) is 4.79 Å². The minimum absolute atomic E-state index is 0.0331. The van der Waals surface area contributed by atoms with Crippen LogP contribution >= 0.6 is 0 Å². The van der Waals surface area contributed by atoms with E-state index in [-0.39, 0.29) is 29.6 Å². The Morgan fingerprint density at radius 2 is 1.83 bits per heavy atom. The van der Waals surface area contributed by atoms with Gasteiger partial charge in [-0.3, -0.25) is 9.59 Å². The van der Waals surface area contributed by atoms with Crippen LogP contribution < -0.4 is 5.32 Å². The monoisotopic (exact) mass is 404 g/mol. The van der Waals surface area contributed by atoms with Gasteiger partial charge in [0.1, 0.15) is 11.9 Å². The van der Waals surface area contributed by atoms with Gasteiger partial charge in [-0.2, -0.15) is 0 Å². The van der Waals surface area contributed by atoms with Crippen molar-refractivity contribution in [3.63, 3.8) is 0 Å². The maximum atomic E-state index is 12.8. The molecule has 6 nitrogen and oxygen atoms in total. The van der Waals surface area contributed by atoms with Gasteiger partial charge in [0.15, 0.2) is 0 Å². The molecule has 1 N–H and O–H groups in total. The Balaban J connectivity index is 1.28. The van der Waals surface area contributed by atoms with Crippen molar-refractivity contribution in [1.29, 1.82) is 0 Å². The van der Waals surface area contributed by atoms with Crippen molar-refractivity contribution in [1.82, 2.24) is 10.2 Å². The second kappa shape index (κ2) is 8.27. The molecule has 1 heterocycles. The molecule has 2 amide bonds. The van der Waals surface area contributed by atoms with E-state index in [2.05, 4.69) is 12.2 Å². The van der Waals surface area contributed by atoms with Crippen LogP contribution in [0.5, 0.6) is 0 Å². The van der Waals surface area contributed by atoms with E-state index in [4.69, 9.17) is 4.74 Å². The Bertz CT molecular complexity index is 647. The molecule has 0 spiro atoms. The third kappa shape index (κ3) is 4.17. The Morgan fingerprint density at radius 3 is 2.48 bits per heavy atom. The molecular weight excluding hydrogens is 368 g/mol. The molecule has 6 heteroatoms. The van der Waals surface area contributed by atoms with Gasteiger partial charge in [-0.15, -0.1) is 0 Å². The van der Waals surface area contributed by atoms with Crippen molar-refractivity contribution in [2.45, 2.75) is 90.2 Å². The number of ketones is 1. The van der Waals surface area contributed by atoms with E-state index in [9.17, 15) is 14.4 Å². The third-order valence-corrected chi connectivity index (χ3v) is 7.99. The number of ether oxygens (including phenoxy) is 1. The highest BCUT2D eigenvalue weighted by molar-refractivity contribution is 5.83. The van der Waals surface area contributed by atoms with Crippen molar-refractivity contribution >= 4 is 17.8 Å². The number of hydrogen-bond acceptors (Lipinski definition) is 4. The highest BCUT2D eigenvalue weighted by Gasteiger charge is 2.58. The molecule has 4 saturated carbocycles. The molecule has 162 valence electrons. The van der Waals surface area contributed by atoms with Crippen molar-refractivity contribution in [3.05, 3.63) is 0 Å². The van der Waals surface area contributed by atoms with Crippen LogP contribution in [0.3, 0.4) is 0 Å². The van der Waals surface area contributed by atoms with Crippen molar-refractivity contribution in [2.75, 3.05) is 13.1 Å². The number of Topliss-reactive ketones (excluding diaryl/α,β-unsaturated/α-hetero) is 1. The number of rotatable bonds is 7. The molecule has 1 aliphatic heterocycles. The van der Waals surface area contributed by atoms with Gasteiger partial charge in [-0.1, -0.05) is 19.8 Å². The van der Waals surface area contributed by atoms with Gasteiger partial charge in [0, 0.05) is 31.0 Å². The van der Waals surface area contributed by atoms with Crippen LogP contribution in [-0.2, 0) is 14.3 Å². The molecule has 0 aromatic rings. The molecule has 0 aromatic carbocycles. The first-order valence-corrected chi connectivity index (χ1v) is 11.7. The molecule has 3 atom stereocenters. The molecule has 2 unspecified atom stereocenters. The van der Waals surface area contributed by atoms with E-state index in [1.165, 1.54) is 0 Å². The molecule has 0 radical (unpaired) electrons. The summed E-state index contributed by atoms with van der Waals surface area (Å²) in [6.07, 6.45) is 9.22. The van der Waals surface area contributed by atoms with Gasteiger partial charge in [0.25, 0.3) is 0 Å². The number of likely N-dealkylation sites (tertiary alicyclic amines) is 1. The zero-order valence-corrected chi connectivity index (χ0v) is 18.0. The average Bonchev–Trinajstić information content (AvgIpc) is 3.12. The van der Waals surface area contributed by atoms with Crippen LogP contribution in [0.25, 0.3) is 0 Å². The predicted octanol–water partition coefficient (Wildman–Crippen LogP) is 3.68. The number of hydrogen-bond donors (Lipinski definition) is 1. The fourth-order valence-electron chi connectivity index (χ4n) is 6.67. The lowest BCUT2D eigenvalue weighted by molar-refractivity contribution is -0.160. The van der Waals surface area contributed by atoms with Gasteiger partial charge < -0.3 is 15.0 Å². The Hall–Kier alpha value is -1.59. The third-order valence-electron chi connectivity index (χ3n) is 7.99. The smallest absolute Gasteiger partial charge is 0.410 e. The maximum Gasteiger partial charge on any atom is 0.410 e. The van der Waals surface area contributed by atoms with Crippen LogP contribution in [0.4, 0.5) is 4.79 Å². The number of carbonyl (C=O) groups excluding carboxylic acids is 3. The van der Waals surface area contributed by atoms with E-state index in [0.717, 1.165) is 57.8 Å². The highest BCUT2D eigenvalue weighted by atomic mass is 16.6. The summed E-state index contributed by atoms with van der Waals surface area (Å²) < 4.78 is 6.03. The number of nitrogens with one attached hydrogen (secondary N) is 1. The molecule has 0 aromatic heterocycles. The first-order chi connectivity index (χ1) is 13.9. The maximum absolute atomic E-state index is 12.8. The van der Waals surface area contributed by atoms with Crippen LogP contribution in [0.2, 0.25) is 0 Å². The van der Waals surface area contributed by atoms with Gasteiger partial charge >= 0.3 is 6.09 Å². The quantitative estimate of drug-likeness (QED) is 0.657. The number of unbranched alkanes of at least 4 members (excludes halogenated alkanes) is 2. The fourth-order valence-corrected chi connectivity index (χ4v) is 6.67. The SMILES string of the molecule is CCCCCC(=O)N[C@@H]1CCN(C(=O)OC2C3CC4CC2CC(C(C)=O)(C4)C3)C1. The standard InChI is InChI=1S/C23H36N2O4/c1-3-4-5-6-20(27)24-19-7-8-25(14-19)22(28)29-21-17-9-16-10-18(21)13-23(11-16,12-17)15(2)26/h16-19,21H,3-14H2,1-2H3,(H,24,27)/t16?,17?,18?,19-,21?,23?/m1/s1.